The Morgan fingerprint density at radius 2 is 1.74 bits per heavy atom. The van der Waals surface area contributed by atoms with Gasteiger partial charge < -0.3 is 10.2 Å². The lowest BCUT2D eigenvalue weighted by molar-refractivity contribution is -0.140. The molecule has 3 saturated carbocycles. The van der Waals surface area contributed by atoms with Crippen molar-refractivity contribution in [1.82, 2.24) is 10.2 Å². The van der Waals surface area contributed by atoms with Gasteiger partial charge in [0.25, 0.3) is 0 Å². The number of nitrogens with one attached hydrogen (secondary N) is 1. The lowest BCUT2D eigenvalue weighted by atomic mass is 9.45. The summed E-state index contributed by atoms with van der Waals surface area (Å²) in [6.07, 6.45) is 16.0. The maximum absolute atomic E-state index is 12.0. The van der Waals surface area contributed by atoms with Crippen LogP contribution in [0.15, 0.2) is 0 Å². The molecular weight excluding hydrogens is 332 g/mol. The standard InChI is InChI=1S/C24H40N2O/c1-23-12-10-18(26-14-4-3-5-15-26)16-17(23)6-7-19-20(23)11-13-24(2)21(19)8-9-22(27)25-24/h17-21H,3-16H2,1-2H3,(H,25,27)/t17-,18+,19+,20-,21-,23+,24-/m0/s1. The molecule has 5 rings (SSSR count). The summed E-state index contributed by atoms with van der Waals surface area (Å²) in [7, 11) is 0. The maximum atomic E-state index is 12.0. The van der Waals surface area contributed by atoms with Crippen molar-refractivity contribution in [2.45, 2.75) is 102 Å². The van der Waals surface area contributed by atoms with Crippen LogP contribution in [0.25, 0.3) is 0 Å². The predicted octanol–water partition coefficient (Wildman–Crippen LogP) is 4.75. The minimum atomic E-state index is 0.0880. The van der Waals surface area contributed by atoms with Crippen molar-refractivity contribution in [2.75, 3.05) is 13.1 Å². The zero-order valence-electron chi connectivity index (χ0n) is 17.6. The van der Waals surface area contributed by atoms with Crippen LogP contribution in [0.2, 0.25) is 0 Å². The smallest absolute Gasteiger partial charge is 0.220 e. The van der Waals surface area contributed by atoms with E-state index in [4.69, 9.17) is 0 Å². The Labute approximate surface area is 166 Å². The monoisotopic (exact) mass is 372 g/mol. The van der Waals surface area contributed by atoms with Gasteiger partial charge in [0.05, 0.1) is 0 Å². The number of hydrogen-bond acceptors (Lipinski definition) is 2. The SMILES string of the molecule is C[C@@]12CC[C@@H](N3CCCCC3)C[C@@H]1CC[C@@H]1[C@@H]2CC[C@]2(C)NC(=O)CC[C@@H]12. The number of piperidine rings is 2. The molecular formula is C24H40N2O. The van der Waals surface area contributed by atoms with E-state index in [9.17, 15) is 4.79 Å². The lowest BCUT2D eigenvalue weighted by Crippen LogP contribution is -2.64. The molecule has 0 aromatic rings. The van der Waals surface area contributed by atoms with Gasteiger partial charge in [0.2, 0.25) is 5.91 Å². The van der Waals surface area contributed by atoms with Gasteiger partial charge in [0.1, 0.15) is 0 Å². The lowest BCUT2D eigenvalue weighted by Gasteiger charge is -2.63. The summed E-state index contributed by atoms with van der Waals surface area (Å²) < 4.78 is 0. The number of hydrogen-bond donors (Lipinski definition) is 1. The average Bonchev–Trinajstić information content (AvgIpc) is 2.67. The van der Waals surface area contributed by atoms with Crippen LogP contribution < -0.4 is 5.32 Å². The van der Waals surface area contributed by atoms with Gasteiger partial charge in [-0.3, -0.25) is 4.79 Å². The molecule has 27 heavy (non-hydrogen) atoms. The van der Waals surface area contributed by atoms with Crippen molar-refractivity contribution in [3.05, 3.63) is 0 Å². The Morgan fingerprint density at radius 3 is 2.56 bits per heavy atom. The number of fused-ring (bicyclic) bond motifs is 5. The zero-order chi connectivity index (χ0) is 18.6. The van der Waals surface area contributed by atoms with Crippen molar-refractivity contribution in [1.29, 1.82) is 0 Å². The van der Waals surface area contributed by atoms with E-state index in [0.717, 1.165) is 42.6 Å². The molecule has 5 fully saturated rings. The summed E-state index contributed by atoms with van der Waals surface area (Å²) in [4.78, 5) is 14.9. The molecule has 0 bridgehead atoms. The number of carbonyl (C=O) groups is 1. The van der Waals surface area contributed by atoms with Gasteiger partial charge in [0.15, 0.2) is 0 Å². The first-order chi connectivity index (χ1) is 13.0. The normalized spacial score (nSPS) is 50.9. The highest BCUT2D eigenvalue weighted by Crippen LogP contribution is 2.62. The Morgan fingerprint density at radius 1 is 0.926 bits per heavy atom. The van der Waals surface area contributed by atoms with Crippen LogP contribution in [0.3, 0.4) is 0 Å². The Balaban J connectivity index is 1.32. The van der Waals surface area contributed by atoms with E-state index in [-0.39, 0.29) is 5.54 Å². The van der Waals surface area contributed by atoms with Crippen LogP contribution in [0.1, 0.15) is 90.9 Å². The van der Waals surface area contributed by atoms with Crippen LogP contribution >= 0.6 is 0 Å². The van der Waals surface area contributed by atoms with Crippen LogP contribution in [0.5, 0.6) is 0 Å². The highest BCUT2D eigenvalue weighted by atomic mass is 16.1. The topological polar surface area (TPSA) is 32.3 Å². The number of amides is 1. The van der Waals surface area contributed by atoms with E-state index in [2.05, 4.69) is 24.1 Å². The van der Waals surface area contributed by atoms with Crippen molar-refractivity contribution in [3.63, 3.8) is 0 Å². The number of nitrogens with zero attached hydrogens (tertiary/aromatic N) is 1. The van der Waals surface area contributed by atoms with Gasteiger partial charge in [-0.1, -0.05) is 13.3 Å². The van der Waals surface area contributed by atoms with Crippen molar-refractivity contribution >= 4 is 5.91 Å². The molecule has 2 aliphatic heterocycles. The summed E-state index contributed by atoms with van der Waals surface area (Å²) in [6, 6.07) is 0.878. The number of rotatable bonds is 1. The van der Waals surface area contributed by atoms with E-state index in [1.807, 2.05) is 0 Å². The third kappa shape index (κ3) is 2.98. The zero-order valence-corrected chi connectivity index (χ0v) is 17.6. The van der Waals surface area contributed by atoms with E-state index in [1.165, 1.54) is 77.3 Å². The van der Waals surface area contributed by atoms with E-state index < -0.39 is 0 Å². The number of likely N-dealkylation sites (tertiary alicyclic amines) is 1. The van der Waals surface area contributed by atoms with E-state index >= 15 is 0 Å². The third-order valence-corrected chi connectivity index (χ3v) is 10.0. The molecule has 7 atom stereocenters. The second-order valence-electron chi connectivity index (χ2n) is 11.2. The first-order valence-electron chi connectivity index (χ1n) is 12.0. The quantitative estimate of drug-likeness (QED) is 0.720. The molecule has 3 heteroatoms. The van der Waals surface area contributed by atoms with Gasteiger partial charge in [-0.2, -0.15) is 0 Å². The molecule has 1 amide bonds. The van der Waals surface area contributed by atoms with Crippen molar-refractivity contribution in [2.24, 2.45) is 29.1 Å². The Kier molecular flexibility index (Phi) is 4.61. The predicted molar refractivity (Wildman–Crippen MR) is 109 cm³/mol. The minimum Gasteiger partial charge on any atom is -0.351 e. The highest BCUT2D eigenvalue weighted by molar-refractivity contribution is 5.77. The molecule has 1 N–H and O–H groups in total. The minimum absolute atomic E-state index is 0.0880. The molecule has 3 aliphatic carbocycles. The second kappa shape index (κ2) is 6.75. The average molecular weight is 373 g/mol. The number of carbonyl (C=O) groups excluding carboxylic acids is 1. The molecule has 5 aliphatic rings. The van der Waals surface area contributed by atoms with Crippen molar-refractivity contribution in [3.8, 4) is 0 Å². The fourth-order valence-corrected chi connectivity index (χ4v) is 8.53. The third-order valence-electron chi connectivity index (χ3n) is 10.0. The second-order valence-corrected chi connectivity index (χ2v) is 11.2. The molecule has 0 unspecified atom stereocenters. The van der Waals surface area contributed by atoms with Crippen LogP contribution in [0.4, 0.5) is 0 Å². The summed E-state index contributed by atoms with van der Waals surface area (Å²) in [5.74, 6) is 3.74. The van der Waals surface area contributed by atoms with Gasteiger partial charge in [-0.15, -0.1) is 0 Å². The Hall–Kier alpha value is -0.570. The van der Waals surface area contributed by atoms with Crippen LogP contribution in [-0.2, 0) is 4.79 Å². The van der Waals surface area contributed by atoms with Gasteiger partial charge in [0, 0.05) is 18.0 Å². The molecule has 2 heterocycles. The molecule has 3 nitrogen and oxygen atoms in total. The summed E-state index contributed by atoms with van der Waals surface area (Å²) in [5, 5.41) is 3.42. The van der Waals surface area contributed by atoms with Gasteiger partial charge >= 0.3 is 0 Å². The highest BCUT2D eigenvalue weighted by Gasteiger charge is 2.58. The van der Waals surface area contributed by atoms with Crippen LogP contribution in [-0.4, -0.2) is 35.5 Å². The molecule has 0 spiro atoms. The first kappa shape index (κ1) is 18.5. The largest absolute Gasteiger partial charge is 0.351 e. The molecule has 2 saturated heterocycles. The molecule has 152 valence electrons. The van der Waals surface area contributed by atoms with E-state index in [0.29, 0.717) is 11.3 Å². The van der Waals surface area contributed by atoms with Gasteiger partial charge in [-0.25, -0.2) is 0 Å². The van der Waals surface area contributed by atoms with Crippen LogP contribution in [0, 0.1) is 29.1 Å². The first-order valence-corrected chi connectivity index (χ1v) is 12.0. The maximum Gasteiger partial charge on any atom is 0.220 e. The van der Waals surface area contributed by atoms with E-state index in [1.54, 1.807) is 0 Å². The molecule has 0 radical (unpaired) electrons. The summed E-state index contributed by atoms with van der Waals surface area (Å²) in [5.41, 5.74) is 0.655. The van der Waals surface area contributed by atoms with Gasteiger partial charge in [-0.05, 0) is 113 Å². The molecule has 0 aromatic carbocycles. The fraction of sp³-hybridized carbons (Fsp3) is 0.958. The fourth-order valence-electron chi connectivity index (χ4n) is 8.53. The Bertz CT molecular complexity index is 585. The summed E-state index contributed by atoms with van der Waals surface area (Å²) in [6.45, 7) is 7.75. The van der Waals surface area contributed by atoms with Crippen molar-refractivity contribution < 1.29 is 4.79 Å². The summed E-state index contributed by atoms with van der Waals surface area (Å²) >= 11 is 0. The molecule has 0 aromatic heterocycles.